The molecule has 3 rings (SSSR count). The van der Waals surface area contributed by atoms with Gasteiger partial charge in [0.1, 0.15) is 0 Å². The normalized spacial score (nSPS) is 10.6. The molecule has 0 aliphatic rings. The lowest BCUT2D eigenvalue weighted by Crippen LogP contribution is -2.26. The van der Waals surface area contributed by atoms with Gasteiger partial charge in [0.25, 0.3) is 5.91 Å². The van der Waals surface area contributed by atoms with Crippen LogP contribution in [0.5, 0.6) is 0 Å². The first-order chi connectivity index (χ1) is 11.5. The topological polar surface area (TPSA) is 59.2 Å². The summed E-state index contributed by atoms with van der Waals surface area (Å²) in [5.74, 6) is 0.554. The number of nitrogens with zero attached hydrogens (tertiary/aromatic N) is 3. The summed E-state index contributed by atoms with van der Waals surface area (Å²) in [6.07, 6.45) is 0. The standard InChI is InChI=1S/C17H13Cl2N3O2/c1-22(17(23)12-7-8-13(18)14(19)9-12)10-15-20-21-16(24-15)11-5-3-2-4-6-11/h2-9H,10H2,1H3. The molecule has 0 radical (unpaired) electrons. The van der Waals surface area contributed by atoms with Crippen LogP contribution in [0.25, 0.3) is 11.5 Å². The largest absolute Gasteiger partial charge is 0.419 e. The summed E-state index contributed by atoms with van der Waals surface area (Å²) in [4.78, 5) is 13.9. The Hall–Kier alpha value is -2.37. The van der Waals surface area contributed by atoms with Gasteiger partial charge in [0, 0.05) is 18.2 Å². The molecular formula is C17H13Cl2N3O2. The number of carbonyl (C=O) groups is 1. The first-order valence-electron chi connectivity index (χ1n) is 7.13. The number of hydrogen-bond donors (Lipinski definition) is 0. The van der Waals surface area contributed by atoms with E-state index in [0.717, 1.165) is 5.56 Å². The summed E-state index contributed by atoms with van der Waals surface area (Å²) in [6.45, 7) is 0.193. The van der Waals surface area contributed by atoms with E-state index in [9.17, 15) is 4.79 Å². The SMILES string of the molecule is CN(Cc1nnc(-c2ccccc2)o1)C(=O)c1ccc(Cl)c(Cl)c1. The molecule has 1 heterocycles. The van der Waals surface area contributed by atoms with E-state index in [0.29, 0.717) is 27.4 Å². The molecule has 122 valence electrons. The Balaban J connectivity index is 1.72. The van der Waals surface area contributed by atoms with Gasteiger partial charge in [-0.05, 0) is 30.3 Å². The lowest BCUT2D eigenvalue weighted by atomic mass is 10.2. The molecule has 1 aromatic heterocycles. The minimum Gasteiger partial charge on any atom is -0.419 e. The fourth-order valence-corrected chi connectivity index (χ4v) is 2.44. The van der Waals surface area contributed by atoms with E-state index in [1.165, 1.54) is 11.0 Å². The average Bonchev–Trinajstić information content (AvgIpc) is 3.06. The molecule has 3 aromatic rings. The highest BCUT2D eigenvalue weighted by Gasteiger charge is 2.17. The maximum atomic E-state index is 12.4. The Morgan fingerprint density at radius 3 is 2.54 bits per heavy atom. The molecule has 2 aromatic carbocycles. The van der Waals surface area contributed by atoms with Crippen LogP contribution in [0, 0.1) is 0 Å². The van der Waals surface area contributed by atoms with Gasteiger partial charge in [0.15, 0.2) is 0 Å². The molecule has 0 spiro atoms. The highest BCUT2D eigenvalue weighted by atomic mass is 35.5. The maximum absolute atomic E-state index is 12.4. The van der Waals surface area contributed by atoms with Crippen molar-refractivity contribution in [1.82, 2.24) is 15.1 Å². The van der Waals surface area contributed by atoms with Gasteiger partial charge in [-0.3, -0.25) is 4.79 Å². The second-order valence-corrected chi connectivity index (χ2v) is 5.97. The third-order valence-electron chi connectivity index (χ3n) is 3.37. The van der Waals surface area contributed by atoms with Crippen LogP contribution < -0.4 is 0 Å². The number of amides is 1. The summed E-state index contributed by atoms with van der Waals surface area (Å²) in [7, 11) is 1.65. The van der Waals surface area contributed by atoms with Gasteiger partial charge < -0.3 is 9.32 Å². The molecule has 0 saturated carbocycles. The third kappa shape index (κ3) is 3.58. The molecule has 0 unspecified atom stereocenters. The second kappa shape index (κ2) is 7.03. The van der Waals surface area contributed by atoms with Gasteiger partial charge in [-0.1, -0.05) is 41.4 Å². The Morgan fingerprint density at radius 1 is 1.08 bits per heavy atom. The highest BCUT2D eigenvalue weighted by molar-refractivity contribution is 6.42. The number of benzene rings is 2. The zero-order valence-electron chi connectivity index (χ0n) is 12.7. The summed E-state index contributed by atoms with van der Waals surface area (Å²) in [5.41, 5.74) is 1.27. The Morgan fingerprint density at radius 2 is 1.83 bits per heavy atom. The first-order valence-corrected chi connectivity index (χ1v) is 7.88. The van der Waals surface area contributed by atoms with Crippen molar-refractivity contribution >= 4 is 29.1 Å². The Bertz CT molecular complexity index is 865. The van der Waals surface area contributed by atoms with E-state index in [1.807, 2.05) is 30.3 Å². The minimum atomic E-state index is -0.215. The van der Waals surface area contributed by atoms with Crippen molar-refractivity contribution in [3.63, 3.8) is 0 Å². The van der Waals surface area contributed by atoms with Gasteiger partial charge in [-0.2, -0.15) is 0 Å². The lowest BCUT2D eigenvalue weighted by molar-refractivity contribution is 0.0773. The van der Waals surface area contributed by atoms with Crippen LogP contribution in [-0.2, 0) is 6.54 Å². The molecule has 0 atom stereocenters. The van der Waals surface area contributed by atoms with Crippen LogP contribution in [-0.4, -0.2) is 28.1 Å². The van der Waals surface area contributed by atoms with Crippen molar-refractivity contribution in [2.45, 2.75) is 6.54 Å². The zero-order valence-corrected chi connectivity index (χ0v) is 14.3. The van der Waals surface area contributed by atoms with Gasteiger partial charge in [0.2, 0.25) is 11.8 Å². The number of carbonyl (C=O) groups excluding carboxylic acids is 1. The van der Waals surface area contributed by atoms with E-state index < -0.39 is 0 Å². The van der Waals surface area contributed by atoms with Crippen LogP contribution >= 0.6 is 23.2 Å². The molecule has 0 fully saturated rings. The van der Waals surface area contributed by atoms with E-state index >= 15 is 0 Å². The van der Waals surface area contributed by atoms with Gasteiger partial charge in [-0.25, -0.2) is 0 Å². The average molecular weight is 362 g/mol. The predicted octanol–water partition coefficient (Wildman–Crippen LogP) is 4.32. The molecule has 5 nitrogen and oxygen atoms in total. The van der Waals surface area contributed by atoms with Crippen molar-refractivity contribution in [2.24, 2.45) is 0 Å². The fraction of sp³-hybridized carbons (Fsp3) is 0.118. The van der Waals surface area contributed by atoms with Gasteiger partial charge in [-0.15, -0.1) is 10.2 Å². The minimum absolute atomic E-state index is 0.193. The number of aromatic nitrogens is 2. The van der Waals surface area contributed by atoms with Crippen molar-refractivity contribution in [1.29, 1.82) is 0 Å². The number of halogens is 2. The lowest BCUT2D eigenvalue weighted by Gasteiger charge is -2.15. The molecule has 0 aliphatic heterocycles. The van der Waals surface area contributed by atoms with Crippen LogP contribution in [0.3, 0.4) is 0 Å². The number of hydrogen-bond acceptors (Lipinski definition) is 4. The molecule has 1 amide bonds. The van der Waals surface area contributed by atoms with Crippen LogP contribution in [0.1, 0.15) is 16.2 Å². The molecule has 0 N–H and O–H groups in total. The van der Waals surface area contributed by atoms with E-state index in [2.05, 4.69) is 10.2 Å². The van der Waals surface area contributed by atoms with E-state index in [1.54, 1.807) is 19.2 Å². The predicted molar refractivity (Wildman–Crippen MR) is 92.0 cm³/mol. The van der Waals surface area contributed by atoms with Crippen molar-refractivity contribution < 1.29 is 9.21 Å². The molecule has 24 heavy (non-hydrogen) atoms. The van der Waals surface area contributed by atoms with Crippen molar-refractivity contribution in [2.75, 3.05) is 7.05 Å². The van der Waals surface area contributed by atoms with E-state index in [4.69, 9.17) is 27.6 Å². The molecule has 0 saturated heterocycles. The fourth-order valence-electron chi connectivity index (χ4n) is 2.14. The summed E-state index contributed by atoms with van der Waals surface area (Å²) in [5, 5.41) is 8.72. The highest BCUT2D eigenvalue weighted by Crippen LogP contribution is 2.23. The molecule has 0 bridgehead atoms. The zero-order chi connectivity index (χ0) is 17.1. The quantitative estimate of drug-likeness (QED) is 0.694. The van der Waals surface area contributed by atoms with Gasteiger partial charge >= 0.3 is 0 Å². The smallest absolute Gasteiger partial charge is 0.254 e. The van der Waals surface area contributed by atoms with Crippen LogP contribution in [0.4, 0.5) is 0 Å². The van der Waals surface area contributed by atoms with Crippen molar-refractivity contribution in [3.05, 3.63) is 70.0 Å². The first kappa shape index (κ1) is 16.5. The number of rotatable bonds is 4. The van der Waals surface area contributed by atoms with Crippen molar-refractivity contribution in [3.8, 4) is 11.5 Å². The van der Waals surface area contributed by atoms with Gasteiger partial charge in [0.05, 0.1) is 16.6 Å². The summed E-state index contributed by atoms with van der Waals surface area (Å²) < 4.78 is 5.61. The molecule has 0 aliphatic carbocycles. The second-order valence-electron chi connectivity index (χ2n) is 5.16. The molecule has 7 heteroatoms. The Kier molecular flexibility index (Phi) is 4.83. The summed E-state index contributed by atoms with van der Waals surface area (Å²) >= 11 is 11.8. The third-order valence-corrected chi connectivity index (χ3v) is 4.11. The monoisotopic (exact) mass is 361 g/mol. The Labute approximate surface area is 148 Å². The van der Waals surface area contributed by atoms with E-state index in [-0.39, 0.29) is 12.5 Å². The summed E-state index contributed by atoms with van der Waals surface area (Å²) in [6, 6.07) is 14.2. The maximum Gasteiger partial charge on any atom is 0.254 e. The molecular weight excluding hydrogens is 349 g/mol. The van der Waals surface area contributed by atoms with Crippen LogP contribution in [0.15, 0.2) is 52.9 Å². The van der Waals surface area contributed by atoms with Crippen LogP contribution in [0.2, 0.25) is 10.0 Å².